The standard InChI is InChI=1S/C8H11ClN2O/c1-12-6-2-3-8(11-5-10)7(9)4-6/h2-4,11H,5,10H2,1H3. The van der Waals surface area contributed by atoms with Gasteiger partial charge in [0.15, 0.2) is 0 Å². The molecule has 0 aliphatic carbocycles. The molecule has 0 aromatic heterocycles. The van der Waals surface area contributed by atoms with Gasteiger partial charge in [0.25, 0.3) is 0 Å². The summed E-state index contributed by atoms with van der Waals surface area (Å²) in [7, 11) is 1.60. The Balaban J connectivity index is 2.87. The van der Waals surface area contributed by atoms with Gasteiger partial charge in [0.1, 0.15) is 5.75 Å². The number of halogens is 1. The monoisotopic (exact) mass is 186 g/mol. The molecular formula is C8H11ClN2O. The first-order chi connectivity index (χ1) is 5.77. The van der Waals surface area contributed by atoms with E-state index in [-0.39, 0.29) is 0 Å². The minimum Gasteiger partial charge on any atom is -0.497 e. The summed E-state index contributed by atoms with van der Waals surface area (Å²) < 4.78 is 4.98. The number of hydrogen-bond donors (Lipinski definition) is 2. The number of methoxy groups -OCH3 is 1. The van der Waals surface area contributed by atoms with Gasteiger partial charge in [-0.3, -0.25) is 0 Å². The number of anilines is 1. The molecule has 1 rings (SSSR count). The second-order valence-corrected chi connectivity index (χ2v) is 2.63. The van der Waals surface area contributed by atoms with E-state index in [2.05, 4.69) is 5.32 Å². The van der Waals surface area contributed by atoms with E-state index >= 15 is 0 Å². The minimum atomic E-state index is 0.367. The largest absolute Gasteiger partial charge is 0.497 e. The predicted octanol–water partition coefficient (Wildman–Crippen LogP) is 1.68. The van der Waals surface area contributed by atoms with Crippen molar-refractivity contribution in [1.29, 1.82) is 0 Å². The third kappa shape index (κ3) is 2.03. The van der Waals surface area contributed by atoms with E-state index < -0.39 is 0 Å². The van der Waals surface area contributed by atoms with Gasteiger partial charge in [-0.05, 0) is 12.1 Å². The van der Waals surface area contributed by atoms with Crippen molar-refractivity contribution in [3.05, 3.63) is 23.2 Å². The second-order valence-electron chi connectivity index (χ2n) is 2.23. The molecule has 66 valence electrons. The number of nitrogens with one attached hydrogen (secondary N) is 1. The Morgan fingerprint density at radius 1 is 1.58 bits per heavy atom. The van der Waals surface area contributed by atoms with Gasteiger partial charge in [0.05, 0.1) is 24.5 Å². The second kappa shape index (κ2) is 4.18. The molecule has 4 heteroatoms. The molecule has 0 saturated heterocycles. The molecule has 0 aliphatic heterocycles. The third-order valence-corrected chi connectivity index (χ3v) is 1.78. The summed E-state index contributed by atoms with van der Waals surface area (Å²) in [5.74, 6) is 0.738. The molecule has 0 atom stereocenters. The average Bonchev–Trinajstić information content (AvgIpc) is 2.09. The van der Waals surface area contributed by atoms with Gasteiger partial charge >= 0.3 is 0 Å². The molecule has 0 amide bonds. The van der Waals surface area contributed by atoms with Crippen molar-refractivity contribution < 1.29 is 4.74 Å². The summed E-state index contributed by atoms with van der Waals surface area (Å²) in [5.41, 5.74) is 6.12. The molecule has 0 spiro atoms. The molecule has 0 unspecified atom stereocenters. The van der Waals surface area contributed by atoms with Crippen molar-refractivity contribution in [2.45, 2.75) is 0 Å². The fourth-order valence-corrected chi connectivity index (χ4v) is 1.11. The van der Waals surface area contributed by atoms with Gasteiger partial charge in [-0.25, -0.2) is 0 Å². The van der Waals surface area contributed by atoms with Crippen LogP contribution in [0.4, 0.5) is 5.69 Å². The Kier molecular flexibility index (Phi) is 3.19. The van der Waals surface area contributed by atoms with Crippen molar-refractivity contribution >= 4 is 17.3 Å². The zero-order chi connectivity index (χ0) is 8.97. The van der Waals surface area contributed by atoms with Crippen LogP contribution in [-0.2, 0) is 0 Å². The lowest BCUT2D eigenvalue weighted by Crippen LogP contribution is -2.10. The smallest absolute Gasteiger partial charge is 0.120 e. The van der Waals surface area contributed by atoms with Crippen LogP contribution in [0.2, 0.25) is 5.02 Å². The van der Waals surface area contributed by atoms with Gasteiger partial charge < -0.3 is 15.8 Å². The van der Waals surface area contributed by atoms with Crippen LogP contribution in [0.1, 0.15) is 0 Å². The minimum absolute atomic E-state index is 0.367. The maximum absolute atomic E-state index is 5.89. The highest BCUT2D eigenvalue weighted by Crippen LogP contribution is 2.25. The summed E-state index contributed by atoms with van der Waals surface area (Å²) in [6.07, 6.45) is 0. The van der Waals surface area contributed by atoms with Gasteiger partial charge in [-0.2, -0.15) is 0 Å². The van der Waals surface area contributed by atoms with Crippen molar-refractivity contribution in [2.24, 2.45) is 5.73 Å². The molecule has 1 aromatic rings. The van der Waals surface area contributed by atoms with Crippen molar-refractivity contribution in [3.8, 4) is 5.75 Å². The summed E-state index contributed by atoms with van der Waals surface area (Å²) in [4.78, 5) is 0. The van der Waals surface area contributed by atoms with Gasteiger partial charge in [0, 0.05) is 6.07 Å². The highest BCUT2D eigenvalue weighted by Gasteiger charge is 1.99. The molecule has 1 aromatic carbocycles. The summed E-state index contributed by atoms with van der Waals surface area (Å²) in [6.45, 7) is 0.367. The fourth-order valence-electron chi connectivity index (χ4n) is 0.876. The quantitative estimate of drug-likeness (QED) is 0.707. The first kappa shape index (κ1) is 9.16. The maximum Gasteiger partial charge on any atom is 0.120 e. The Hall–Kier alpha value is -0.930. The van der Waals surface area contributed by atoms with Gasteiger partial charge in [-0.1, -0.05) is 11.6 Å². The molecule has 0 fully saturated rings. The van der Waals surface area contributed by atoms with E-state index in [1.807, 2.05) is 12.1 Å². The molecule has 0 aliphatic rings. The van der Waals surface area contributed by atoms with Gasteiger partial charge in [-0.15, -0.1) is 0 Å². The van der Waals surface area contributed by atoms with E-state index in [0.717, 1.165) is 11.4 Å². The van der Waals surface area contributed by atoms with Crippen LogP contribution < -0.4 is 15.8 Å². The van der Waals surface area contributed by atoms with Crippen LogP contribution >= 0.6 is 11.6 Å². The molecule has 0 saturated carbocycles. The Labute approximate surface area is 76.5 Å². The van der Waals surface area contributed by atoms with Crippen LogP contribution in [0.3, 0.4) is 0 Å². The van der Waals surface area contributed by atoms with E-state index in [9.17, 15) is 0 Å². The van der Waals surface area contributed by atoms with Crippen LogP contribution in [0, 0.1) is 0 Å². The summed E-state index contributed by atoms with van der Waals surface area (Å²) in [5, 5.41) is 3.53. The Bertz CT molecular complexity index is 265. The fraction of sp³-hybridized carbons (Fsp3) is 0.250. The Morgan fingerprint density at radius 2 is 2.33 bits per heavy atom. The predicted molar refractivity (Wildman–Crippen MR) is 50.7 cm³/mol. The molecule has 3 N–H and O–H groups in total. The molecule has 3 nitrogen and oxygen atoms in total. The van der Waals surface area contributed by atoms with Crippen LogP contribution in [0.25, 0.3) is 0 Å². The lowest BCUT2D eigenvalue weighted by molar-refractivity contribution is 0.415. The van der Waals surface area contributed by atoms with Crippen molar-refractivity contribution in [2.75, 3.05) is 19.1 Å². The van der Waals surface area contributed by atoms with E-state index in [1.54, 1.807) is 13.2 Å². The van der Waals surface area contributed by atoms with E-state index in [1.165, 1.54) is 0 Å². The topological polar surface area (TPSA) is 47.3 Å². The molecule has 0 heterocycles. The molecule has 0 radical (unpaired) electrons. The van der Waals surface area contributed by atoms with E-state index in [4.69, 9.17) is 22.1 Å². The van der Waals surface area contributed by atoms with Crippen LogP contribution in [0.5, 0.6) is 5.75 Å². The number of hydrogen-bond acceptors (Lipinski definition) is 3. The Morgan fingerprint density at radius 3 is 2.83 bits per heavy atom. The molecule has 12 heavy (non-hydrogen) atoms. The molecule has 0 bridgehead atoms. The first-order valence-corrected chi connectivity index (χ1v) is 3.93. The SMILES string of the molecule is COc1ccc(NCN)c(Cl)c1. The number of nitrogens with two attached hydrogens (primary N) is 1. The highest BCUT2D eigenvalue weighted by atomic mass is 35.5. The normalized spacial score (nSPS) is 9.58. The maximum atomic E-state index is 5.89. The van der Waals surface area contributed by atoms with Gasteiger partial charge in [0.2, 0.25) is 0 Å². The van der Waals surface area contributed by atoms with Crippen LogP contribution in [0.15, 0.2) is 18.2 Å². The van der Waals surface area contributed by atoms with Crippen LogP contribution in [-0.4, -0.2) is 13.8 Å². The lowest BCUT2D eigenvalue weighted by atomic mass is 10.3. The third-order valence-electron chi connectivity index (χ3n) is 1.47. The van der Waals surface area contributed by atoms with Crippen molar-refractivity contribution in [3.63, 3.8) is 0 Å². The lowest BCUT2D eigenvalue weighted by Gasteiger charge is -2.06. The summed E-state index contributed by atoms with van der Waals surface area (Å²) in [6, 6.07) is 5.39. The zero-order valence-electron chi connectivity index (χ0n) is 6.80. The number of ether oxygens (including phenoxy) is 1. The highest BCUT2D eigenvalue weighted by molar-refractivity contribution is 6.33. The summed E-state index contributed by atoms with van der Waals surface area (Å²) >= 11 is 5.89. The number of rotatable bonds is 3. The zero-order valence-corrected chi connectivity index (χ0v) is 7.56. The van der Waals surface area contributed by atoms with E-state index in [0.29, 0.717) is 11.7 Å². The average molecular weight is 187 g/mol. The first-order valence-electron chi connectivity index (χ1n) is 3.55. The number of benzene rings is 1. The van der Waals surface area contributed by atoms with Crippen molar-refractivity contribution in [1.82, 2.24) is 0 Å². The molecular weight excluding hydrogens is 176 g/mol.